The molecule has 1 N–H and O–H groups in total. The number of nitrogens with zero attached hydrogens (tertiary/aromatic N) is 2. The largest absolute Gasteiger partial charge is 0.383 e. The van der Waals surface area contributed by atoms with Crippen molar-refractivity contribution in [2.45, 2.75) is 25.8 Å². The molecular formula is C16H25N3. The van der Waals surface area contributed by atoms with E-state index in [1.165, 1.54) is 56.8 Å². The monoisotopic (exact) mass is 259 g/mol. The first kappa shape index (κ1) is 12.9. The Hall–Kier alpha value is -1.06. The molecule has 1 unspecified atom stereocenters. The fraction of sp³-hybridized carbons (Fsp3) is 0.625. The average Bonchev–Trinajstić information content (AvgIpc) is 2.48. The van der Waals surface area contributed by atoms with Crippen LogP contribution in [0, 0.1) is 0 Å². The molecule has 1 saturated heterocycles. The molecule has 2 aliphatic heterocycles. The van der Waals surface area contributed by atoms with E-state index in [2.05, 4.69) is 46.3 Å². The van der Waals surface area contributed by atoms with Gasteiger partial charge >= 0.3 is 0 Å². The molecule has 0 amide bonds. The van der Waals surface area contributed by atoms with E-state index in [9.17, 15) is 0 Å². The molecule has 2 heterocycles. The number of piperazine rings is 1. The van der Waals surface area contributed by atoms with Crippen molar-refractivity contribution in [3.05, 3.63) is 29.8 Å². The van der Waals surface area contributed by atoms with E-state index in [0.717, 1.165) is 6.54 Å². The Kier molecular flexibility index (Phi) is 4.04. The summed E-state index contributed by atoms with van der Waals surface area (Å²) in [5, 5.41) is 3.59. The van der Waals surface area contributed by atoms with Crippen LogP contribution in [0.1, 0.15) is 18.9 Å². The van der Waals surface area contributed by atoms with Crippen LogP contribution in [0.3, 0.4) is 0 Å². The highest BCUT2D eigenvalue weighted by Crippen LogP contribution is 2.24. The number of anilines is 1. The summed E-state index contributed by atoms with van der Waals surface area (Å²) in [4.78, 5) is 5.27. The highest BCUT2D eigenvalue weighted by atomic mass is 15.3. The van der Waals surface area contributed by atoms with Gasteiger partial charge in [0.15, 0.2) is 0 Å². The van der Waals surface area contributed by atoms with Crippen LogP contribution in [-0.2, 0) is 6.42 Å². The van der Waals surface area contributed by atoms with Gasteiger partial charge in [0.25, 0.3) is 0 Å². The first-order valence-corrected chi connectivity index (χ1v) is 7.65. The molecule has 1 aromatic rings. The maximum absolute atomic E-state index is 3.59. The van der Waals surface area contributed by atoms with Crippen LogP contribution >= 0.6 is 0 Å². The summed E-state index contributed by atoms with van der Waals surface area (Å²) in [6, 6.07) is 9.42. The van der Waals surface area contributed by atoms with Crippen LogP contribution in [0.5, 0.6) is 0 Å². The van der Waals surface area contributed by atoms with Crippen LogP contribution in [0.4, 0.5) is 5.69 Å². The summed E-state index contributed by atoms with van der Waals surface area (Å²) in [5.74, 6) is 0. The van der Waals surface area contributed by atoms with E-state index in [1.807, 2.05) is 0 Å². The van der Waals surface area contributed by atoms with Crippen molar-refractivity contribution < 1.29 is 0 Å². The van der Waals surface area contributed by atoms with Crippen molar-refractivity contribution >= 4 is 5.69 Å². The Labute approximate surface area is 116 Å². The highest BCUT2D eigenvalue weighted by Gasteiger charge is 2.26. The molecule has 1 aromatic carbocycles. The van der Waals surface area contributed by atoms with Gasteiger partial charge in [-0.15, -0.1) is 0 Å². The predicted octanol–water partition coefficient (Wildman–Crippen LogP) is 2.05. The van der Waals surface area contributed by atoms with Crippen molar-refractivity contribution in [2.75, 3.05) is 44.6 Å². The molecule has 3 rings (SSSR count). The van der Waals surface area contributed by atoms with Gasteiger partial charge in [0.2, 0.25) is 0 Å². The molecule has 104 valence electrons. The number of nitrogens with one attached hydrogen (secondary N) is 1. The summed E-state index contributed by atoms with van der Waals surface area (Å²) < 4.78 is 0. The summed E-state index contributed by atoms with van der Waals surface area (Å²) in [7, 11) is 0. The maximum Gasteiger partial charge on any atom is 0.0373 e. The molecule has 0 saturated carbocycles. The van der Waals surface area contributed by atoms with Gasteiger partial charge in [-0.1, -0.05) is 25.1 Å². The molecule has 1 fully saturated rings. The molecule has 0 spiro atoms. The zero-order valence-electron chi connectivity index (χ0n) is 11.9. The minimum absolute atomic E-state index is 0.679. The second-order valence-electron chi connectivity index (χ2n) is 5.77. The molecule has 3 nitrogen and oxygen atoms in total. The van der Waals surface area contributed by atoms with Crippen LogP contribution in [0.15, 0.2) is 24.3 Å². The fourth-order valence-electron chi connectivity index (χ4n) is 3.35. The first-order chi connectivity index (χ1) is 9.36. The molecule has 0 aromatic heterocycles. The number of benzene rings is 1. The molecule has 0 bridgehead atoms. The molecule has 1 atom stereocenters. The summed E-state index contributed by atoms with van der Waals surface area (Å²) in [6.45, 7) is 9.58. The van der Waals surface area contributed by atoms with Crippen molar-refractivity contribution in [1.82, 2.24) is 9.80 Å². The topological polar surface area (TPSA) is 18.5 Å². The lowest BCUT2D eigenvalue weighted by Crippen LogP contribution is -2.53. The number of rotatable bonds is 3. The Bertz CT molecular complexity index is 410. The Balaban J connectivity index is 1.57. The van der Waals surface area contributed by atoms with Gasteiger partial charge < -0.3 is 10.2 Å². The van der Waals surface area contributed by atoms with E-state index in [1.54, 1.807) is 0 Å². The van der Waals surface area contributed by atoms with Gasteiger partial charge in [0, 0.05) is 44.5 Å². The molecule has 0 aliphatic carbocycles. The van der Waals surface area contributed by atoms with Crippen molar-refractivity contribution in [3.8, 4) is 0 Å². The van der Waals surface area contributed by atoms with E-state index in [-0.39, 0.29) is 0 Å². The third kappa shape index (κ3) is 2.93. The molecule has 19 heavy (non-hydrogen) atoms. The third-order valence-electron chi connectivity index (χ3n) is 4.46. The van der Waals surface area contributed by atoms with Crippen LogP contribution in [0.2, 0.25) is 0 Å². The lowest BCUT2D eigenvalue weighted by atomic mass is 9.98. The summed E-state index contributed by atoms with van der Waals surface area (Å²) >= 11 is 0. The Morgan fingerprint density at radius 3 is 2.74 bits per heavy atom. The van der Waals surface area contributed by atoms with E-state index in [0.29, 0.717) is 6.04 Å². The summed E-state index contributed by atoms with van der Waals surface area (Å²) in [5.41, 5.74) is 2.82. The number of para-hydroxylation sites is 1. The Morgan fingerprint density at radius 2 is 1.95 bits per heavy atom. The highest BCUT2D eigenvalue weighted by molar-refractivity contribution is 5.53. The van der Waals surface area contributed by atoms with Gasteiger partial charge in [0.05, 0.1) is 0 Å². The van der Waals surface area contributed by atoms with Gasteiger partial charge in [0.1, 0.15) is 0 Å². The van der Waals surface area contributed by atoms with Gasteiger partial charge in [-0.05, 0) is 31.0 Å². The zero-order chi connectivity index (χ0) is 13.1. The molecule has 2 aliphatic rings. The first-order valence-electron chi connectivity index (χ1n) is 7.65. The minimum Gasteiger partial charge on any atom is -0.383 e. The van der Waals surface area contributed by atoms with E-state index >= 15 is 0 Å². The van der Waals surface area contributed by atoms with Crippen molar-refractivity contribution in [1.29, 1.82) is 0 Å². The van der Waals surface area contributed by atoms with Crippen molar-refractivity contribution in [2.24, 2.45) is 0 Å². The lowest BCUT2D eigenvalue weighted by Gasteiger charge is -2.41. The average molecular weight is 259 g/mol. The molecular weight excluding hydrogens is 234 g/mol. The van der Waals surface area contributed by atoms with Gasteiger partial charge in [-0.2, -0.15) is 0 Å². The SMILES string of the molecule is CCCN1CCN(C2CNc3ccccc3C2)CC1. The van der Waals surface area contributed by atoms with Gasteiger partial charge in [-0.3, -0.25) is 4.90 Å². The van der Waals surface area contributed by atoms with E-state index < -0.39 is 0 Å². The quantitative estimate of drug-likeness (QED) is 0.896. The lowest BCUT2D eigenvalue weighted by molar-refractivity contribution is 0.0989. The molecule has 0 radical (unpaired) electrons. The van der Waals surface area contributed by atoms with Crippen molar-refractivity contribution in [3.63, 3.8) is 0 Å². The standard InChI is InChI=1S/C16H25N3/c1-2-7-18-8-10-19(11-9-18)15-12-14-5-3-4-6-16(14)17-13-15/h3-6,15,17H,2,7-13H2,1H3. The summed E-state index contributed by atoms with van der Waals surface area (Å²) in [6.07, 6.45) is 2.48. The normalized spacial score (nSPS) is 24.8. The predicted molar refractivity (Wildman–Crippen MR) is 80.7 cm³/mol. The van der Waals surface area contributed by atoms with E-state index in [4.69, 9.17) is 0 Å². The smallest absolute Gasteiger partial charge is 0.0373 e. The Morgan fingerprint density at radius 1 is 1.16 bits per heavy atom. The number of fused-ring (bicyclic) bond motifs is 1. The fourth-order valence-corrected chi connectivity index (χ4v) is 3.35. The number of hydrogen-bond acceptors (Lipinski definition) is 3. The van der Waals surface area contributed by atoms with Crippen LogP contribution in [0.25, 0.3) is 0 Å². The zero-order valence-corrected chi connectivity index (χ0v) is 11.9. The number of hydrogen-bond donors (Lipinski definition) is 1. The second-order valence-corrected chi connectivity index (χ2v) is 5.77. The maximum atomic E-state index is 3.59. The minimum atomic E-state index is 0.679. The molecule has 3 heteroatoms. The van der Waals surface area contributed by atoms with Gasteiger partial charge in [-0.25, -0.2) is 0 Å². The van der Waals surface area contributed by atoms with Crippen LogP contribution < -0.4 is 5.32 Å². The second kappa shape index (κ2) is 5.93. The van der Waals surface area contributed by atoms with Crippen LogP contribution in [-0.4, -0.2) is 55.1 Å². The third-order valence-corrected chi connectivity index (χ3v) is 4.46.